The summed E-state index contributed by atoms with van der Waals surface area (Å²) in [6.45, 7) is 3.68. The highest BCUT2D eigenvalue weighted by Crippen LogP contribution is 2.19. The van der Waals surface area contributed by atoms with Gasteiger partial charge in [0, 0.05) is 24.0 Å². The van der Waals surface area contributed by atoms with E-state index < -0.39 is 11.7 Å². The van der Waals surface area contributed by atoms with Crippen molar-refractivity contribution in [1.82, 2.24) is 19.5 Å². The smallest absolute Gasteiger partial charge is 0.280 e. The van der Waals surface area contributed by atoms with Crippen molar-refractivity contribution in [3.63, 3.8) is 0 Å². The van der Waals surface area contributed by atoms with Crippen LogP contribution in [0.1, 0.15) is 44.7 Å². The van der Waals surface area contributed by atoms with Gasteiger partial charge in [-0.3, -0.25) is 23.9 Å². The van der Waals surface area contributed by atoms with E-state index in [1.807, 2.05) is 38.1 Å². The molecular weight excluding hydrogens is 434 g/mol. The van der Waals surface area contributed by atoms with E-state index in [2.05, 4.69) is 15.0 Å². The van der Waals surface area contributed by atoms with Crippen LogP contribution in [-0.2, 0) is 11.5 Å². The molecule has 0 aliphatic rings. The molecule has 4 aromatic rings. The van der Waals surface area contributed by atoms with Crippen LogP contribution in [-0.4, -0.2) is 37.2 Å². The molecule has 9 heteroatoms. The molecule has 0 saturated heterocycles. The minimum Gasteiger partial charge on any atom is -0.369 e. The Balaban J connectivity index is 1.57. The van der Waals surface area contributed by atoms with Crippen LogP contribution in [0.2, 0.25) is 0 Å². The van der Waals surface area contributed by atoms with E-state index in [0.717, 1.165) is 11.1 Å². The Kier molecular flexibility index (Phi) is 6.65. The molecule has 2 heterocycles. The number of Topliss-reactive ketones (excluding diaryl/α,β-unsaturated/α-hetero) is 2. The highest BCUT2D eigenvalue weighted by atomic mass is 16.5. The van der Waals surface area contributed by atoms with Crippen LogP contribution in [0.4, 0.5) is 5.95 Å². The minimum atomic E-state index is -0.698. The molecule has 2 aromatic heterocycles. The van der Waals surface area contributed by atoms with Crippen molar-refractivity contribution in [2.75, 3.05) is 5.73 Å². The van der Waals surface area contributed by atoms with Gasteiger partial charge in [0.05, 0.1) is 12.4 Å². The van der Waals surface area contributed by atoms with Crippen LogP contribution in [0.3, 0.4) is 0 Å². The number of aromatic nitrogens is 4. The predicted molar refractivity (Wildman–Crippen MR) is 128 cm³/mol. The number of nitrogens with one attached hydrogen (secondary N) is 1. The molecule has 2 aromatic carbocycles. The zero-order chi connectivity index (χ0) is 24.2. The van der Waals surface area contributed by atoms with Crippen molar-refractivity contribution >= 4 is 28.7 Å². The Morgan fingerprint density at radius 3 is 2.12 bits per heavy atom. The van der Waals surface area contributed by atoms with Crippen LogP contribution in [0.25, 0.3) is 11.2 Å². The number of carbonyl (C=O) groups excluding carboxylic acids is 2. The number of benzene rings is 2. The fourth-order valence-electron chi connectivity index (χ4n) is 3.85. The third-order valence-corrected chi connectivity index (χ3v) is 5.66. The first-order chi connectivity index (χ1) is 16.3. The van der Waals surface area contributed by atoms with Crippen LogP contribution < -0.4 is 11.3 Å². The largest absolute Gasteiger partial charge is 0.369 e. The van der Waals surface area contributed by atoms with Gasteiger partial charge in [-0.1, -0.05) is 48.5 Å². The molecule has 174 valence electrons. The first kappa shape index (κ1) is 23.1. The average Bonchev–Trinajstić information content (AvgIpc) is 3.21. The van der Waals surface area contributed by atoms with E-state index in [1.165, 1.54) is 10.9 Å². The maximum absolute atomic E-state index is 13.0. The summed E-state index contributed by atoms with van der Waals surface area (Å²) in [4.78, 5) is 48.7. The molecule has 0 fully saturated rings. The number of hydrogen-bond donors (Lipinski definition) is 2. The van der Waals surface area contributed by atoms with Gasteiger partial charge in [-0.05, 0) is 25.0 Å². The van der Waals surface area contributed by atoms with Crippen LogP contribution >= 0.6 is 0 Å². The van der Waals surface area contributed by atoms with Crippen molar-refractivity contribution in [2.45, 2.75) is 39.5 Å². The number of imidazole rings is 1. The third kappa shape index (κ3) is 4.94. The number of aromatic amines is 1. The van der Waals surface area contributed by atoms with Gasteiger partial charge in [-0.15, -0.1) is 0 Å². The van der Waals surface area contributed by atoms with Gasteiger partial charge in [0.1, 0.15) is 6.73 Å². The fraction of sp³-hybridized carbons (Fsp3) is 0.240. The number of fused-ring (bicyclic) bond motifs is 1. The van der Waals surface area contributed by atoms with Gasteiger partial charge in [-0.25, -0.2) is 4.98 Å². The Bertz CT molecular complexity index is 1360. The number of H-pyrrole nitrogens is 1. The fourth-order valence-corrected chi connectivity index (χ4v) is 3.85. The predicted octanol–water partition coefficient (Wildman–Crippen LogP) is 3.21. The Hall–Kier alpha value is -4.11. The summed E-state index contributed by atoms with van der Waals surface area (Å²) in [6.07, 6.45) is 0.752. The number of anilines is 1. The summed E-state index contributed by atoms with van der Waals surface area (Å²) in [5.41, 5.74) is 8.49. The molecule has 0 saturated carbocycles. The summed E-state index contributed by atoms with van der Waals surface area (Å²) < 4.78 is 7.54. The topological polar surface area (TPSA) is 133 Å². The van der Waals surface area contributed by atoms with Crippen molar-refractivity contribution in [1.29, 1.82) is 0 Å². The second-order valence-electron chi connectivity index (χ2n) is 8.14. The molecule has 0 bridgehead atoms. The van der Waals surface area contributed by atoms with Gasteiger partial charge in [0.15, 0.2) is 22.7 Å². The van der Waals surface area contributed by atoms with Gasteiger partial charge in [0.2, 0.25) is 5.95 Å². The molecule has 0 aliphatic heterocycles. The van der Waals surface area contributed by atoms with Gasteiger partial charge in [0.25, 0.3) is 5.56 Å². The number of rotatable bonds is 9. The average molecular weight is 460 g/mol. The van der Waals surface area contributed by atoms with E-state index in [0.29, 0.717) is 11.1 Å². The maximum atomic E-state index is 13.0. The zero-order valence-corrected chi connectivity index (χ0v) is 18.9. The number of aryl methyl sites for hydroxylation is 2. The molecule has 3 N–H and O–H groups in total. The maximum Gasteiger partial charge on any atom is 0.280 e. The molecule has 34 heavy (non-hydrogen) atoms. The second-order valence-corrected chi connectivity index (χ2v) is 8.14. The van der Waals surface area contributed by atoms with E-state index in [9.17, 15) is 14.4 Å². The summed E-state index contributed by atoms with van der Waals surface area (Å²) in [7, 11) is 0. The van der Waals surface area contributed by atoms with Crippen molar-refractivity contribution in [3.8, 4) is 0 Å². The highest BCUT2D eigenvalue weighted by Gasteiger charge is 2.22. The van der Waals surface area contributed by atoms with E-state index in [4.69, 9.17) is 10.5 Å². The third-order valence-electron chi connectivity index (χ3n) is 5.66. The monoisotopic (exact) mass is 459 g/mol. The molecule has 0 atom stereocenters. The van der Waals surface area contributed by atoms with Crippen LogP contribution in [0, 0.1) is 13.8 Å². The van der Waals surface area contributed by atoms with Crippen LogP contribution in [0.5, 0.6) is 0 Å². The highest BCUT2D eigenvalue weighted by molar-refractivity contribution is 6.00. The Labute approximate surface area is 195 Å². The lowest BCUT2D eigenvalue weighted by Crippen LogP contribution is -2.24. The summed E-state index contributed by atoms with van der Waals surface area (Å²) in [5, 5.41) is 0. The lowest BCUT2D eigenvalue weighted by Gasteiger charge is -2.18. The van der Waals surface area contributed by atoms with Crippen molar-refractivity contribution in [2.24, 2.45) is 0 Å². The zero-order valence-electron chi connectivity index (χ0n) is 18.9. The molecule has 0 aliphatic carbocycles. The number of ketones is 2. The lowest BCUT2D eigenvalue weighted by molar-refractivity contribution is 0.00375. The summed E-state index contributed by atoms with van der Waals surface area (Å²) >= 11 is 0. The standard InChI is InChI=1S/C25H25N5O4/c1-15-7-3-5-9-18(15)20(31)11-17(12-21(32)19-10-6-4-8-16(19)2)34-14-30-13-27-22-23(30)28-25(26)29-24(22)33/h3-10,13,17H,11-12,14H2,1-2H3,(H3,26,28,29,33). The quantitative estimate of drug-likeness (QED) is 0.367. The van der Waals surface area contributed by atoms with E-state index >= 15 is 0 Å². The molecule has 0 spiro atoms. The first-order valence-corrected chi connectivity index (χ1v) is 10.8. The lowest BCUT2D eigenvalue weighted by atomic mass is 9.95. The van der Waals surface area contributed by atoms with Gasteiger partial charge >= 0.3 is 0 Å². The van der Waals surface area contributed by atoms with Gasteiger partial charge < -0.3 is 10.5 Å². The van der Waals surface area contributed by atoms with E-state index in [-0.39, 0.29) is 48.3 Å². The Morgan fingerprint density at radius 2 is 1.56 bits per heavy atom. The van der Waals surface area contributed by atoms with Crippen LogP contribution in [0.15, 0.2) is 59.7 Å². The normalized spacial score (nSPS) is 11.3. The van der Waals surface area contributed by atoms with Gasteiger partial charge in [-0.2, -0.15) is 4.98 Å². The van der Waals surface area contributed by atoms with Crippen molar-refractivity contribution < 1.29 is 14.3 Å². The molecule has 9 nitrogen and oxygen atoms in total. The van der Waals surface area contributed by atoms with E-state index in [1.54, 1.807) is 24.3 Å². The summed E-state index contributed by atoms with van der Waals surface area (Å²) in [5.74, 6) is -0.273. The second kappa shape index (κ2) is 9.80. The number of nitrogen functional groups attached to an aromatic ring is 1. The molecule has 0 amide bonds. The molecular formula is C25H25N5O4. The number of nitrogens with zero attached hydrogens (tertiary/aromatic N) is 3. The molecule has 0 unspecified atom stereocenters. The number of nitrogens with two attached hydrogens (primary N) is 1. The number of ether oxygens (including phenoxy) is 1. The Morgan fingerprint density at radius 1 is 1.00 bits per heavy atom. The summed E-state index contributed by atoms with van der Waals surface area (Å²) in [6, 6.07) is 14.6. The SMILES string of the molecule is Cc1ccccc1C(=O)CC(CC(=O)c1ccccc1C)OCn1cnc2c(=O)[nH]c(N)nc21. The number of carbonyl (C=O) groups is 2. The molecule has 0 radical (unpaired) electrons. The first-order valence-electron chi connectivity index (χ1n) is 10.8. The molecule has 4 rings (SSSR count). The minimum absolute atomic E-state index is 0.0191. The van der Waals surface area contributed by atoms with Crippen molar-refractivity contribution in [3.05, 3.63) is 87.5 Å². The number of hydrogen-bond acceptors (Lipinski definition) is 7.